The Morgan fingerprint density at radius 3 is 2.80 bits per heavy atom. The van der Waals surface area contributed by atoms with Crippen LogP contribution < -0.4 is 0 Å². The van der Waals surface area contributed by atoms with Crippen molar-refractivity contribution in [1.29, 1.82) is 0 Å². The number of allylic oxidation sites excluding steroid dienone is 1. The monoisotopic (exact) mass is 266 g/mol. The molecule has 0 N–H and O–H groups in total. The van der Waals surface area contributed by atoms with Crippen molar-refractivity contribution < 1.29 is 0 Å². The second-order valence-corrected chi connectivity index (χ2v) is 5.85. The molecule has 2 nitrogen and oxygen atoms in total. The summed E-state index contributed by atoms with van der Waals surface area (Å²) in [4.78, 5) is 4.63. The third-order valence-corrected chi connectivity index (χ3v) is 4.32. The van der Waals surface area contributed by atoms with Gasteiger partial charge < -0.3 is 4.57 Å². The minimum absolute atomic E-state index is 0.421. The van der Waals surface area contributed by atoms with Crippen molar-refractivity contribution in [2.24, 2.45) is 5.92 Å². The summed E-state index contributed by atoms with van der Waals surface area (Å²) in [6.07, 6.45) is 6.46. The quantitative estimate of drug-likeness (QED) is 0.801. The fraction of sp³-hybridized carbons (Fsp3) is 0.389. The third kappa shape index (κ3) is 2.20. The van der Waals surface area contributed by atoms with Gasteiger partial charge >= 0.3 is 0 Å². The molecule has 2 atom stereocenters. The number of benzene rings is 1. The predicted molar refractivity (Wildman–Crippen MR) is 83.6 cm³/mol. The minimum Gasteiger partial charge on any atom is -0.321 e. The molecule has 0 saturated heterocycles. The number of aromatic nitrogens is 2. The van der Waals surface area contributed by atoms with Gasteiger partial charge in [0, 0.05) is 6.42 Å². The highest BCUT2D eigenvalue weighted by atomic mass is 15.1. The van der Waals surface area contributed by atoms with Gasteiger partial charge in [0.2, 0.25) is 0 Å². The number of rotatable bonds is 3. The van der Waals surface area contributed by atoms with E-state index in [1.165, 1.54) is 22.7 Å². The molecule has 1 aliphatic rings. The molecule has 0 amide bonds. The highest BCUT2D eigenvalue weighted by Crippen LogP contribution is 2.37. The van der Waals surface area contributed by atoms with Crippen LogP contribution in [0.1, 0.15) is 50.3 Å². The molecular weight excluding hydrogens is 244 g/mol. The highest BCUT2D eigenvalue weighted by Gasteiger charge is 2.32. The maximum atomic E-state index is 4.63. The zero-order valence-electron chi connectivity index (χ0n) is 12.5. The summed E-state index contributed by atoms with van der Waals surface area (Å²) in [5.41, 5.74) is 4.04. The Morgan fingerprint density at radius 1 is 1.35 bits per heavy atom. The lowest BCUT2D eigenvalue weighted by Crippen LogP contribution is -2.13. The van der Waals surface area contributed by atoms with Gasteiger partial charge in [0.1, 0.15) is 5.82 Å². The van der Waals surface area contributed by atoms with Gasteiger partial charge in [-0.2, -0.15) is 0 Å². The number of fused-ring (bicyclic) bond motifs is 1. The summed E-state index contributed by atoms with van der Waals surface area (Å²) < 4.78 is 2.43. The van der Waals surface area contributed by atoms with E-state index in [1.54, 1.807) is 0 Å². The van der Waals surface area contributed by atoms with Crippen LogP contribution in [-0.4, -0.2) is 9.55 Å². The zero-order chi connectivity index (χ0) is 14.1. The van der Waals surface area contributed by atoms with E-state index in [0.29, 0.717) is 12.0 Å². The summed E-state index contributed by atoms with van der Waals surface area (Å²) in [6, 6.07) is 11.2. The SMILES string of the molecule is CC/C(C)=C/c1cnc2n1C(c1ccccc1)C(C)C2. The van der Waals surface area contributed by atoms with E-state index in [-0.39, 0.29) is 0 Å². The van der Waals surface area contributed by atoms with Crippen molar-refractivity contribution >= 4 is 6.08 Å². The molecule has 0 bridgehead atoms. The van der Waals surface area contributed by atoms with Crippen molar-refractivity contribution in [3.05, 3.63) is 59.2 Å². The molecule has 104 valence electrons. The zero-order valence-corrected chi connectivity index (χ0v) is 12.5. The first kappa shape index (κ1) is 13.2. The average Bonchev–Trinajstić information content (AvgIpc) is 2.98. The van der Waals surface area contributed by atoms with E-state index >= 15 is 0 Å². The van der Waals surface area contributed by atoms with Gasteiger partial charge in [0.15, 0.2) is 0 Å². The van der Waals surface area contributed by atoms with Crippen LogP contribution in [0.4, 0.5) is 0 Å². The van der Waals surface area contributed by atoms with Crippen LogP contribution in [0.3, 0.4) is 0 Å². The second-order valence-electron chi connectivity index (χ2n) is 5.85. The molecule has 20 heavy (non-hydrogen) atoms. The van der Waals surface area contributed by atoms with Crippen molar-refractivity contribution in [3.8, 4) is 0 Å². The first-order chi connectivity index (χ1) is 9.70. The lowest BCUT2D eigenvalue weighted by Gasteiger charge is -2.20. The van der Waals surface area contributed by atoms with Crippen molar-refractivity contribution in [2.45, 2.75) is 39.7 Å². The third-order valence-electron chi connectivity index (χ3n) is 4.32. The van der Waals surface area contributed by atoms with Crippen molar-refractivity contribution in [1.82, 2.24) is 9.55 Å². The Morgan fingerprint density at radius 2 is 2.10 bits per heavy atom. The van der Waals surface area contributed by atoms with Gasteiger partial charge in [0.25, 0.3) is 0 Å². The Labute approximate surface area is 121 Å². The summed E-state index contributed by atoms with van der Waals surface area (Å²) in [5, 5.41) is 0. The summed E-state index contributed by atoms with van der Waals surface area (Å²) in [7, 11) is 0. The molecular formula is C18H22N2. The maximum absolute atomic E-state index is 4.63. The topological polar surface area (TPSA) is 17.8 Å². The minimum atomic E-state index is 0.421. The van der Waals surface area contributed by atoms with E-state index in [4.69, 9.17) is 0 Å². The van der Waals surface area contributed by atoms with Crippen LogP contribution in [0.15, 0.2) is 42.1 Å². The lowest BCUT2D eigenvalue weighted by atomic mass is 9.95. The van der Waals surface area contributed by atoms with Crippen molar-refractivity contribution in [2.75, 3.05) is 0 Å². The van der Waals surface area contributed by atoms with Crippen LogP contribution in [0.2, 0.25) is 0 Å². The molecule has 1 aromatic heterocycles. The van der Waals surface area contributed by atoms with Gasteiger partial charge in [-0.05, 0) is 30.9 Å². The summed E-state index contributed by atoms with van der Waals surface area (Å²) in [6.45, 7) is 6.72. The fourth-order valence-corrected chi connectivity index (χ4v) is 3.13. The molecule has 1 aliphatic heterocycles. The van der Waals surface area contributed by atoms with E-state index < -0.39 is 0 Å². The normalized spacial score (nSPS) is 22.1. The smallest absolute Gasteiger partial charge is 0.110 e. The molecule has 3 rings (SSSR count). The van der Waals surface area contributed by atoms with E-state index in [0.717, 1.165) is 12.8 Å². The molecule has 0 aliphatic carbocycles. The molecule has 2 unspecified atom stereocenters. The molecule has 1 aromatic carbocycles. The number of imidazole rings is 1. The lowest BCUT2D eigenvalue weighted by molar-refractivity contribution is 0.474. The molecule has 0 radical (unpaired) electrons. The van der Waals surface area contributed by atoms with Gasteiger partial charge in [-0.1, -0.05) is 49.8 Å². The van der Waals surface area contributed by atoms with Gasteiger partial charge in [-0.25, -0.2) is 4.98 Å². The number of hydrogen-bond acceptors (Lipinski definition) is 1. The van der Waals surface area contributed by atoms with Crippen LogP contribution in [-0.2, 0) is 6.42 Å². The van der Waals surface area contributed by atoms with Crippen LogP contribution in [0.5, 0.6) is 0 Å². The van der Waals surface area contributed by atoms with E-state index in [2.05, 4.69) is 66.7 Å². The Kier molecular flexibility index (Phi) is 3.47. The van der Waals surface area contributed by atoms with E-state index in [1.807, 2.05) is 6.20 Å². The van der Waals surface area contributed by atoms with E-state index in [9.17, 15) is 0 Å². The van der Waals surface area contributed by atoms with Crippen LogP contribution >= 0.6 is 0 Å². The second kappa shape index (κ2) is 5.28. The summed E-state index contributed by atoms with van der Waals surface area (Å²) >= 11 is 0. The number of nitrogens with zero attached hydrogens (tertiary/aromatic N) is 2. The first-order valence-corrected chi connectivity index (χ1v) is 7.49. The Balaban J connectivity index is 2.07. The maximum Gasteiger partial charge on any atom is 0.110 e. The highest BCUT2D eigenvalue weighted by molar-refractivity contribution is 5.50. The molecule has 2 heteroatoms. The Hall–Kier alpha value is -1.83. The largest absolute Gasteiger partial charge is 0.321 e. The molecule has 0 fully saturated rings. The van der Waals surface area contributed by atoms with Gasteiger partial charge in [-0.3, -0.25) is 0 Å². The molecule has 2 heterocycles. The molecule has 0 spiro atoms. The number of hydrogen-bond donors (Lipinski definition) is 0. The molecule has 0 saturated carbocycles. The summed E-state index contributed by atoms with van der Waals surface area (Å²) in [5.74, 6) is 1.83. The van der Waals surface area contributed by atoms with Crippen molar-refractivity contribution in [3.63, 3.8) is 0 Å². The Bertz CT molecular complexity index is 622. The predicted octanol–water partition coefficient (Wildman–Crippen LogP) is 4.48. The first-order valence-electron chi connectivity index (χ1n) is 7.49. The van der Waals surface area contributed by atoms with Crippen LogP contribution in [0, 0.1) is 5.92 Å². The molecule has 2 aromatic rings. The fourth-order valence-electron chi connectivity index (χ4n) is 3.13. The average molecular weight is 266 g/mol. The standard InChI is InChI=1S/C18H22N2/c1-4-13(2)10-16-12-19-17-11-14(3)18(20(16)17)15-8-6-5-7-9-15/h5-10,12,14,18H,4,11H2,1-3H3/b13-10+. The van der Waals surface area contributed by atoms with Gasteiger partial charge in [-0.15, -0.1) is 0 Å². The van der Waals surface area contributed by atoms with Gasteiger partial charge in [0.05, 0.1) is 17.9 Å². The van der Waals surface area contributed by atoms with Crippen LogP contribution in [0.25, 0.3) is 6.08 Å².